The van der Waals surface area contributed by atoms with Crippen molar-refractivity contribution in [2.24, 2.45) is 0 Å². The molecule has 0 amide bonds. The lowest BCUT2D eigenvalue weighted by Crippen LogP contribution is -2.47. The van der Waals surface area contributed by atoms with E-state index in [0.717, 1.165) is 74.5 Å². The van der Waals surface area contributed by atoms with Crippen molar-refractivity contribution in [2.45, 2.75) is 19.3 Å². The van der Waals surface area contributed by atoms with Gasteiger partial charge in [-0.25, -0.2) is 4.98 Å². The van der Waals surface area contributed by atoms with Gasteiger partial charge in [-0.1, -0.05) is 48.1 Å². The van der Waals surface area contributed by atoms with Crippen molar-refractivity contribution >= 4 is 29.1 Å². The van der Waals surface area contributed by atoms with Crippen molar-refractivity contribution in [3.8, 4) is 0 Å². The number of aromatic nitrogens is 3. The van der Waals surface area contributed by atoms with E-state index < -0.39 is 0 Å². The number of pyridine rings is 1. The van der Waals surface area contributed by atoms with Gasteiger partial charge in [-0.3, -0.25) is 0 Å². The molecule has 180 valence electrons. The summed E-state index contributed by atoms with van der Waals surface area (Å²) in [6.07, 6.45) is 11.7. The summed E-state index contributed by atoms with van der Waals surface area (Å²) < 4.78 is 0. The Kier molecular flexibility index (Phi) is 6.93. The van der Waals surface area contributed by atoms with Gasteiger partial charge in [-0.15, -0.1) is 0 Å². The second-order valence-electron chi connectivity index (χ2n) is 9.22. The van der Waals surface area contributed by atoms with Crippen LogP contribution in [-0.4, -0.2) is 55.2 Å². The fourth-order valence-electron chi connectivity index (χ4n) is 4.51. The minimum absolute atomic E-state index is 0.761. The summed E-state index contributed by atoms with van der Waals surface area (Å²) in [6.45, 7) is 3.49. The summed E-state index contributed by atoms with van der Waals surface area (Å²) in [5.74, 6) is 3.49. The van der Waals surface area contributed by atoms with Gasteiger partial charge < -0.3 is 20.0 Å². The zero-order chi connectivity index (χ0) is 24.0. The van der Waals surface area contributed by atoms with Crippen LogP contribution in [0, 0.1) is 0 Å². The first kappa shape index (κ1) is 22.9. The molecule has 1 aliphatic carbocycles. The zero-order valence-electron chi connectivity index (χ0n) is 20.6. The SMILES string of the molecule is CN(C)c1cc(Nc2ccccc2CC2=CC=CCC2)nc(N2CCN(c3ccccn3)CC2)n1. The van der Waals surface area contributed by atoms with E-state index in [-0.39, 0.29) is 0 Å². The Hall–Kier alpha value is -3.87. The summed E-state index contributed by atoms with van der Waals surface area (Å²) in [6, 6.07) is 16.6. The lowest BCUT2D eigenvalue weighted by Gasteiger charge is -2.35. The molecule has 3 heterocycles. The van der Waals surface area contributed by atoms with Gasteiger partial charge in [0.2, 0.25) is 5.95 Å². The van der Waals surface area contributed by atoms with E-state index in [4.69, 9.17) is 9.97 Å². The third kappa shape index (κ3) is 5.62. The van der Waals surface area contributed by atoms with Crippen LogP contribution in [0.4, 0.5) is 29.1 Å². The Morgan fingerprint density at radius 3 is 2.49 bits per heavy atom. The topological polar surface area (TPSA) is 60.4 Å². The van der Waals surface area contributed by atoms with Crippen LogP contribution in [0.1, 0.15) is 18.4 Å². The number of allylic oxidation sites excluding steroid dienone is 4. The van der Waals surface area contributed by atoms with E-state index in [9.17, 15) is 0 Å². The summed E-state index contributed by atoms with van der Waals surface area (Å²) >= 11 is 0. The normalized spacial score (nSPS) is 15.7. The fraction of sp³-hybridized carbons (Fsp3) is 0.321. The van der Waals surface area contributed by atoms with Crippen molar-refractivity contribution in [3.05, 3.63) is 84.1 Å². The maximum absolute atomic E-state index is 4.94. The van der Waals surface area contributed by atoms with E-state index >= 15 is 0 Å². The molecule has 0 radical (unpaired) electrons. The van der Waals surface area contributed by atoms with Gasteiger partial charge in [0, 0.05) is 58.2 Å². The lowest BCUT2D eigenvalue weighted by molar-refractivity contribution is 0.635. The fourth-order valence-corrected chi connectivity index (χ4v) is 4.51. The molecule has 0 atom stereocenters. The predicted octanol–water partition coefficient (Wildman–Crippen LogP) is 4.83. The molecule has 1 aliphatic heterocycles. The number of nitrogens with zero attached hydrogens (tertiary/aromatic N) is 6. The van der Waals surface area contributed by atoms with Crippen LogP contribution >= 0.6 is 0 Å². The van der Waals surface area contributed by atoms with E-state index in [0.29, 0.717) is 0 Å². The van der Waals surface area contributed by atoms with Crippen molar-refractivity contribution in [1.29, 1.82) is 0 Å². The Labute approximate surface area is 207 Å². The van der Waals surface area contributed by atoms with Gasteiger partial charge in [0.05, 0.1) is 0 Å². The van der Waals surface area contributed by atoms with E-state index in [1.807, 2.05) is 43.4 Å². The molecule has 1 saturated heterocycles. The van der Waals surface area contributed by atoms with Gasteiger partial charge in [-0.2, -0.15) is 9.97 Å². The highest BCUT2D eigenvalue weighted by Gasteiger charge is 2.21. The summed E-state index contributed by atoms with van der Waals surface area (Å²) in [5.41, 5.74) is 3.84. The van der Waals surface area contributed by atoms with E-state index in [1.54, 1.807) is 0 Å². The lowest BCUT2D eigenvalue weighted by atomic mass is 9.97. The minimum Gasteiger partial charge on any atom is -0.363 e. The first-order valence-electron chi connectivity index (χ1n) is 12.3. The van der Waals surface area contributed by atoms with Crippen LogP contribution < -0.4 is 20.0 Å². The van der Waals surface area contributed by atoms with Crippen molar-refractivity contribution in [3.63, 3.8) is 0 Å². The van der Waals surface area contributed by atoms with Crippen LogP contribution in [0.15, 0.2) is 78.5 Å². The van der Waals surface area contributed by atoms with Crippen LogP contribution in [0.5, 0.6) is 0 Å². The predicted molar refractivity (Wildman–Crippen MR) is 145 cm³/mol. The van der Waals surface area contributed by atoms with Crippen molar-refractivity contribution < 1.29 is 0 Å². The average molecular weight is 468 g/mol. The van der Waals surface area contributed by atoms with E-state index in [1.165, 1.54) is 11.1 Å². The number of anilines is 5. The second-order valence-corrected chi connectivity index (χ2v) is 9.22. The molecule has 0 bridgehead atoms. The maximum atomic E-state index is 4.94. The first-order chi connectivity index (χ1) is 17.2. The second kappa shape index (κ2) is 10.6. The zero-order valence-corrected chi connectivity index (χ0v) is 20.6. The molecule has 1 fully saturated rings. The first-order valence-corrected chi connectivity index (χ1v) is 12.3. The molecule has 1 N–H and O–H groups in total. The molecule has 1 aromatic carbocycles. The quantitative estimate of drug-likeness (QED) is 0.534. The molecule has 2 aromatic heterocycles. The van der Waals surface area contributed by atoms with Crippen molar-refractivity contribution in [1.82, 2.24) is 15.0 Å². The summed E-state index contributed by atoms with van der Waals surface area (Å²) in [5, 5.41) is 3.60. The number of benzene rings is 1. The van der Waals surface area contributed by atoms with Crippen LogP contribution in [0.2, 0.25) is 0 Å². The molecule has 2 aliphatic rings. The number of rotatable bonds is 7. The Balaban J connectivity index is 1.35. The molecule has 0 unspecified atom stereocenters. The molecule has 7 heteroatoms. The van der Waals surface area contributed by atoms with Crippen LogP contribution in [-0.2, 0) is 6.42 Å². The molecule has 0 saturated carbocycles. The Morgan fingerprint density at radius 1 is 0.943 bits per heavy atom. The van der Waals surface area contributed by atoms with Gasteiger partial charge in [0.15, 0.2) is 0 Å². The van der Waals surface area contributed by atoms with Crippen LogP contribution in [0.25, 0.3) is 0 Å². The molecule has 3 aromatic rings. The average Bonchev–Trinajstić information content (AvgIpc) is 2.91. The van der Waals surface area contributed by atoms with Crippen molar-refractivity contribution in [2.75, 3.05) is 60.3 Å². The number of hydrogen-bond donors (Lipinski definition) is 1. The Bertz CT molecular complexity index is 1190. The van der Waals surface area contributed by atoms with E-state index in [2.05, 4.69) is 68.7 Å². The van der Waals surface area contributed by atoms with Crippen LogP contribution in [0.3, 0.4) is 0 Å². The number of nitrogens with one attached hydrogen (secondary N) is 1. The molecule has 0 spiro atoms. The Morgan fingerprint density at radius 2 is 1.74 bits per heavy atom. The van der Waals surface area contributed by atoms with Gasteiger partial charge in [0.25, 0.3) is 0 Å². The standard InChI is InChI=1S/C28H33N7/c1-33(2)27-21-25(30-24-13-7-6-12-23(24)20-22-10-4-3-5-11-22)31-28(32-27)35-18-16-34(17-19-35)26-14-8-9-15-29-26/h3-4,6-10,12-15,21H,5,11,16-20H2,1-2H3,(H,30,31,32). The number of piperazine rings is 1. The molecule has 7 nitrogen and oxygen atoms in total. The minimum atomic E-state index is 0.761. The maximum Gasteiger partial charge on any atom is 0.229 e. The van der Waals surface area contributed by atoms with Gasteiger partial charge in [0.1, 0.15) is 17.5 Å². The molecular formula is C28H33N7. The summed E-state index contributed by atoms with van der Waals surface area (Å²) in [4.78, 5) is 20.9. The molecular weight excluding hydrogens is 434 g/mol. The third-order valence-electron chi connectivity index (χ3n) is 6.49. The highest BCUT2D eigenvalue weighted by atomic mass is 15.3. The summed E-state index contributed by atoms with van der Waals surface area (Å²) in [7, 11) is 4.04. The number of para-hydroxylation sites is 1. The highest BCUT2D eigenvalue weighted by Crippen LogP contribution is 2.28. The largest absolute Gasteiger partial charge is 0.363 e. The smallest absolute Gasteiger partial charge is 0.229 e. The number of hydrogen-bond acceptors (Lipinski definition) is 7. The third-order valence-corrected chi connectivity index (χ3v) is 6.49. The molecule has 35 heavy (non-hydrogen) atoms. The van der Waals surface area contributed by atoms with Gasteiger partial charge in [-0.05, 0) is 43.0 Å². The highest BCUT2D eigenvalue weighted by molar-refractivity contribution is 5.65. The van der Waals surface area contributed by atoms with Gasteiger partial charge >= 0.3 is 0 Å². The monoisotopic (exact) mass is 467 g/mol. The molecule has 5 rings (SSSR count).